The normalized spacial score (nSPS) is 37.5. The van der Waals surface area contributed by atoms with Gasteiger partial charge in [-0.2, -0.15) is 4.98 Å². The van der Waals surface area contributed by atoms with Gasteiger partial charge in [-0.15, -0.1) is 0 Å². The summed E-state index contributed by atoms with van der Waals surface area (Å²) in [5.41, 5.74) is 11.3. The number of nitrogen functional groups attached to an aromatic ring is 2. The van der Waals surface area contributed by atoms with E-state index in [1.165, 1.54) is 15.8 Å². The number of H-pyrrole nitrogens is 1. The van der Waals surface area contributed by atoms with Gasteiger partial charge in [-0.05, 0) is 0 Å². The molecule has 238 valence electrons. The molecule has 0 aromatic carbocycles. The van der Waals surface area contributed by atoms with E-state index in [1.807, 2.05) is 0 Å². The monoisotopic (exact) mass is 662 g/mol. The molecular weight excluding hydrogens is 637 g/mol. The van der Waals surface area contributed by atoms with Crippen molar-refractivity contribution in [1.82, 2.24) is 29.5 Å². The van der Waals surface area contributed by atoms with Crippen LogP contribution in [0, 0.1) is 0 Å². The van der Waals surface area contributed by atoms with Gasteiger partial charge in [0.2, 0.25) is 5.95 Å². The van der Waals surface area contributed by atoms with E-state index in [9.17, 15) is 23.9 Å². The molecule has 10 atom stereocenters. The molecule has 0 radical (unpaired) electrons. The zero-order valence-electron chi connectivity index (χ0n) is 22.1. The van der Waals surface area contributed by atoms with Gasteiger partial charge in [0.05, 0.1) is 26.2 Å². The summed E-state index contributed by atoms with van der Waals surface area (Å²) in [6, 6.07) is 0. The highest BCUT2D eigenvalue weighted by Gasteiger charge is 2.54. The fourth-order valence-corrected chi connectivity index (χ4v) is 7.21. The van der Waals surface area contributed by atoms with Crippen LogP contribution < -0.4 is 27.2 Å². The number of ether oxygens (including phenoxy) is 2. The van der Waals surface area contributed by atoms with Gasteiger partial charge in [0.15, 0.2) is 35.9 Å². The number of nitrogens with two attached hydrogens (primary N) is 2. The molecule has 0 saturated carbocycles. The minimum atomic E-state index is -5.05. The van der Waals surface area contributed by atoms with E-state index in [1.54, 1.807) is 0 Å². The number of aromatic amines is 1. The molecule has 10 unspecified atom stereocenters. The second-order valence-corrected chi connectivity index (χ2v) is 12.5. The maximum atomic E-state index is 15.8. The molecule has 7 heterocycles. The summed E-state index contributed by atoms with van der Waals surface area (Å²) in [7, 11) is -8.53. The molecule has 44 heavy (non-hydrogen) atoms. The fourth-order valence-electron chi connectivity index (χ4n) is 5.41. The summed E-state index contributed by atoms with van der Waals surface area (Å²) in [5.74, 6) is -0.117. The van der Waals surface area contributed by atoms with Crippen molar-refractivity contribution in [3.05, 3.63) is 23.0 Å². The Balaban J connectivity index is 1.16. The zero-order chi connectivity index (χ0) is 30.9. The van der Waals surface area contributed by atoms with Crippen LogP contribution in [0.25, 0.3) is 11.2 Å². The number of aromatic nitrogens is 6. The molecule has 4 aliphatic heterocycles. The van der Waals surface area contributed by atoms with Gasteiger partial charge >= 0.3 is 16.1 Å². The van der Waals surface area contributed by atoms with E-state index >= 15 is 4.39 Å². The minimum Gasteiger partial charge on any atom is -0.387 e. The Kier molecular flexibility index (Phi) is 7.32. The van der Waals surface area contributed by atoms with Gasteiger partial charge in [0.1, 0.15) is 48.1 Å². The average Bonchev–Trinajstić information content (AvgIpc) is 3.72. The maximum Gasteiger partial charge on any atom is 0.472 e. The van der Waals surface area contributed by atoms with Crippen LogP contribution >= 0.6 is 16.1 Å². The number of aliphatic hydroxyl groups excluding tert-OH is 1. The van der Waals surface area contributed by atoms with Crippen molar-refractivity contribution in [3.63, 3.8) is 0 Å². The molecule has 0 aliphatic carbocycles. The van der Waals surface area contributed by atoms with Gasteiger partial charge in [-0.3, -0.25) is 32.5 Å². The lowest BCUT2D eigenvalue weighted by Crippen LogP contribution is -2.45. The van der Waals surface area contributed by atoms with E-state index in [4.69, 9.17) is 39.0 Å². The number of rotatable bonds is 2. The summed E-state index contributed by atoms with van der Waals surface area (Å²) < 4.78 is 75.9. The number of aliphatic hydroxyl groups is 1. The molecule has 3 fully saturated rings. The van der Waals surface area contributed by atoms with Crippen molar-refractivity contribution < 1.29 is 51.1 Å². The predicted octanol–water partition coefficient (Wildman–Crippen LogP) is -1.41. The van der Waals surface area contributed by atoms with Gasteiger partial charge in [0, 0.05) is 0 Å². The van der Waals surface area contributed by atoms with Crippen molar-refractivity contribution in [3.8, 4) is 0 Å². The van der Waals surface area contributed by atoms with Crippen LogP contribution in [0.3, 0.4) is 0 Å². The van der Waals surface area contributed by atoms with Crippen molar-refractivity contribution >= 4 is 50.5 Å². The van der Waals surface area contributed by atoms with Crippen LogP contribution in [0.2, 0.25) is 0 Å². The van der Waals surface area contributed by atoms with E-state index in [0.29, 0.717) is 0 Å². The number of anilines is 4. The summed E-state index contributed by atoms with van der Waals surface area (Å²) in [6.07, 6.45) is -10.0. The number of alkyl halides is 1. The molecule has 0 spiro atoms. The first-order valence-corrected chi connectivity index (χ1v) is 15.7. The molecule has 3 saturated heterocycles. The molecule has 3 aromatic heterocycles. The number of hydrogen-bond acceptors (Lipinski definition) is 18. The SMILES string of the molecule is Nc1nc2c(c(=O)[nH]1)NCN2C1OC2COP(=O)(O)OC3C(CO[PH](=O)OC1C2O)OC(n1cnc2c(N)ncnc21)C3F. The van der Waals surface area contributed by atoms with Crippen LogP contribution in [-0.4, -0.2) is 102 Å². The highest BCUT2D eigenvalue weighted by atomic mass is 31.2. The number of halogens is 1. The number of nitrogens with zero attached hydrogens (tertiary/aromatic N) is 6. The number of nitrogens with one attached hydrogen (secondary N) is 2. The topological polar surface area (TPSA) is 287 Å². The third kappa shape index (κ3) is 5.02. The summed E-state index contributed by atoms with van der Waals surface area (Å²) in [6.45, 7) is -1.44. The number of imidazole rings is 1. The third-order valence-electron chi connectivity index (χ3n) is 7.42. The molecule has 24 heteroatoms. The molecule has 3 aromatic rings. The lowest BCUT2D eigenvalue weighted by atomic mass is 10.1. The first-order chi connectivity index (χ1) is 21.0. The molecule has 7 rings (SSSR count). The summed E-state index contributed by atoms with van der Waals surface area (Å²) in [5, 5.41) is 13.8. The highest BCUT2D eigenvalue weighted by Crippen LogP contribution is 2.51. The molecule has 2 bridgehead atoms. The van der Waals surface area contributed by atoms with Crippen LogP contribution in [-0.2, 0) is 36.7 Å². The van der Waals surface area contributed by atoms with E-state index < -0.39 is 84.0 Å². The molecular formula is C20H25FN10O11P2. The lowest BCUT2D eigenvalue weighted by molar-refractivity contribution is -0.0490. The van der Waals surface area contributed by atoms with Gasteiger partial charge < -0.3 is 45.7 Å². The van der Waals surface area contributed by atoms with Gasteiger partial charge in [0.25, 0.3) is 5.56 Å². The van der Waals surface area contributed by atoms with E-state index in [2.05, 4.69) is 30.2 Å². The molecule has 4 aliphatic rings. The smallest absolute Gasteiger partial charge is 0.387 e. The van der Waals surface area contributed by atoms with Crippen molar-refractivity contribution in [2.45, 2.75) is 49.1 Å². The number of phosphoric ester groups is 1. The number of hydrogen-bond donors (Lipinski definition) is 6. The van der Waals surface area contributed by atoms with Crippen LogP contribution in [0.5, 0.6) is 0 Å². The number of fused-ring (bicyclic) bond motifs is 5. The van der Waals surface area contributed by atoms with Gasteiger partial charge in [-0.1, -0.05) is 0 Å². The van der Waals surface area contributed by atoms with Crippen molar-refractivity contribution in [2.24, 2.45) is 0 Å². The molecule has 8 N–H and O–H groups in total. The summed E-state index contributed by atoms with van der Waals surface area (Å²) >= 11 is 0. The largest absolute Gasteiger partial charge is 0.472 e. The lowest BCUT2D eigenvalue weighted by Gasteiger charge is -2.29. The number of phosphoric acid groups is 1. The average molecular weight is 662 g/mol. The third-order valence-corrected chi connectivity index (χ3v) is 9.27. The Morgan fingerprint density at radius 2 is 1.93 bits per heavy atom. The van der Waals surface area contributed by atoms with Crippen LogP contribution in [0.15, 0.2) is 17.4 Å². The first kappa shape index (κ1) is 29.4. The predicted molar refractivity (Wildman–Crippen MR) is 144 cm³/mol. The Labute approximate surface area is 245 Å². The van der Waals surface area contributed by atoms with Crippen molar-refractivity contribution in [2.75, 3.05) is 41.6 Å². The second kappa shape index (κ2) is 10.9. The maximum absolute atomic E-state index is 15.8. The first-order valence-electron chi connectivity index (χ1n) is 13.0. The second-order valence-electron chi connectivity index (χ2n) is 10.1. The zero-order valence-corrected chi connectivity index (χ0v) is 24.0. The summed E-state index contributed by atoms with van der Waals surface area (Å²) in [4.78, 5) is 42.6. The molecule has 0 amide bonds. The quantitative estimate of drug-likeness (QED) is 0.172. The van der Waals surface area contributed by atoms with Crippen LogP contribution in [0.4, 0.5) is 27.7 Å². The van der Waals surface area contributed by atoms with Crippen molar-refractivity contribution in [1.29, 1.82) is 0 Å². The van der Waals surface area contributed by atoms with E-state index in [0.717, 1.165) is 6.33 Å². The fraction of sp³-hybridized carbons (Fsp3) is 0.550. The standard InChI is InChI=1S/C20H25FN10O11P2/c21-8-12-7(40-18(8)30-4-26-9-14(22)24-3-25-15(9)30)1-37-43(34)41-13-11(32)6(2-38-44(35,36)42-12)39-19(13)31-5-27-10-16(31)28-20(23)29-17(10)33/h3-4,6-8,11-13,18-19,27,32,43H,1-2,5H2,(H,35,36)(H2,22,24,25)(H3,23,28,29,33). The highest BCUT2D eigenvalue weighted by molar-refractivity contribution is 7.47. The van der Waals surface area contributed by atoms with Crippen LogP contribution in [0.1, 0.15) is 6.23 Å². The Morgan fingerprint density at radius 1 is 1.14 bits per heavy atom. The Bertz CT molecular complexity index is 1730. The minimum absolute atomic E-state index is 0.0323. The van der Waals surface area contributed by atoms with Gasteiger partial charge in [-0.25, -0.2) is 23.9 Å². The Hall–Kier alpha value is -3.30. The Morgan fingerprint density at radius 3 is 2.75 bits per heavy atom. The van der Waals surface area contributed by atoms with E-state index in [-0.39, 0.29) is 41.1 Å². The molecule has 21 nitrogen and oxygen atoms in total.